The number of benzene rings is 9. The van der Waals surface area contributed by atoms with Gasteiger partial charge in [0, 0.05) is 83.2 Å². The first-order valence-electron chi connectivity index (χ1n) is 27.0. The minimum absolute atomic E-state index is 0. The van der Waals surface area contributed by atoms with E-state index < -0.39 is 0 Å². The van der Waals surface area contributed by atoms with Crippen molar-refractivity contribution in [3.05, 3.63) is 236 Å². The van der Waals surface area contributed by atoms with E-state index in [4.69, 9.17) is 14.1 Å². The normalized spacial score (nSPS) is 12.9. The quantitative estimate of drug-likeness (QED) is 0.142. The summed E-state index contributed by atoms with van der Waals surface area (Å²) in [5.41, 5.74) is 17.5. The standard InChI is InChI=1S/C72H61N4O2.Pt/c1-70(2,3)49-38-39-73-65(42-49)76-62-37-36-56-55-26-16-19-33-64(55)78-69(56)67(62)57-35-34-51(44-63(57)76)77-52-41-48(66-58(71(4,5)6)29-21-30-59(66)72(7,8)9)40-50(43-52)74-45-75(61-32-18-17-31-60(61)74)68-53(46-22-12-10-13-23-46)27-20-28-54(68)47-24-14-11-15-25-47;/h10-42,45H,1-9H3;/q-3;. The van der Waals surface area contributed by atoms with Gasteiger partial charge in [0.05, 0.1) is 0 Å². The Kier molecular flexibility index (Phi) is 12.8. The van der Waals surface area contributed by atoms with Crippen molar-refractivity contribution in [3.8, 4) is 50.7 Å². The largest absolute Gasteiger partial charge is 0.509 e. The van der Waals surface area contributed by atoms with Crippen LogP contribution >= 0.6 is 0 Å². The molecule has 3 aromatic heterocycles. The fraction of sp³-hybridized carbons (Fsp3) is 0.167. The number of anilines is 4. The van der Waals surface area contributed by atoms with Crippen LogP contribution in [0.5, 0.6) is 11.5 Å². The van der Waals surface area contributed by atoms with Gasteiger partial charge in [-0.05, 0) is 97.5 Å². The van der Waals surface area contributed by atoms with Crippen molar-refractivity contribution in [2.24, 2.45) is 0 Å². The fourth-order valence-electron chi connectivity index (χ4n) is 11.6. The molecule has 1 aliphatic heterocycles. The van der Waals surface area contributed by atoms with Gasteiger partial charge >= 0.3 is 0 Å². The van der Waals surface area contributed by atoms with Gasteiger partial charge in [-0.2, -0.15) is 6.07 Å². The smallest absolute Gasteiger partial charge is 0.135 e. The second-order valence-electron chi connectivity index (χ2n) is 23.7. The average molecular weight is 1210 g/mol. The summed E-state index contributed by atoms with van der Waals surface area (Å²) >= 11 is 0. The van der Waals surface area contributed by atoms with Crippen molar-refractivity contribution >= 4 is 66.5 Å². The van der Waals surface area contributed by atoms with Crippen molar-refractivity contribution in [2.45, 2.75) is 78.6 Å². The Bertz CT molecular complexity index is 4200. The van der Waals surface area contributed by atoms with Crippen LogP contribution in [0.4, 0.5) is 22.7 Å². The summed E-state index contributed by atoms with van der Waals surface area (Å²) in [6.07, 6.45) is 1.91. The number of pyridine rings is 1. The number of rotatable bonds is 8. The van der Waals surface area contributed by atoms with Crippen LogP contribution in [-0.2, 0) is 37.3 Å². The van der Waals surface area contributed by atoms with Crippen molar-refractivity contribution in [3.63, 3.8) is 0 Å². The Balaban J connectivity index is 0.00000623. The maximum Gasteiger partial charge on any atom is 0.135 e. The summed E-state index contributed by atoms with van der Waals surface area (Å²) in [6.45, 7) is 22.7. The van der Waals surface area contributed by atoms with Gasteiger partial charge in [-0.25, -0.2) is 4.98 Å². The Labute approximate surface area is 478 Å². The molecule has 0 unspecified atom stereocenters. The van der Waals surface area contributed by atoms with Crippen molar-refractivity contribution in [2.75, 3.05) is 9.80 Å². The molecule has 1 aliphatic rings. The van der Waals surface area contributed by atoms with Crippen LogP contribution < -0.4 is 14.5 Å². The van der Waals surface area contributed by atoms with Gasteiger partial charge in [-0.15, -0.1) is 48.3 Å². The molecule has 9 aromatic carbocycles. The maximum absolute atomic E-state index is 7.23. The zero-order chi connectivity index (χ0) is 53.7. The second-order valence-corrected chi connectivity index (χ2v) is 23.7. The number of hydrogen-bond donors (Lipinski definition) is 0. The SMILES string of the molecule is CC(C)(C)c1ccnc(-n2c3[c-]c(Oc4[c-]c(N5[CH-]N(c6c(-c7ccccc7)cccc6-c6ccccc6)c6ccccc65)cc(-c5c(C(C)(C)C)cccc5C(C)(C)C)c4)ccc3c3c4oc5ccccc5c4ccc32)c1.[Pt]. The third-order valence-corrected chi connectivity index (χ3v) is 15.4. The molecule has 394 valence electrons. The van der Waals surface area contributed by atoms with Crippen LogP contribution in [0.1, 0.15) is 79.0 Å². The first-order valence-corrected chi connectivity index (χ1v) is 27.0. The van der Waals surface area contributed by atoms with E-state index in [1.54, 1.807) is 0 Å². The van der Waals surface area contributed by atoms with Gasteiger partial charge in [-0.1, -0.05) is 201 Å². The molecule has 0 amide bonds. The van der Waals surface area contributed by atoms with E-state index in [1.165, 1.54) is 22.3 Å². The summed E-state index contributed by atoms with van der Waals surface area (Å²) in [5, 5.41) is 4.15. The number of fused-ring (bicyclic) bond motifs is 8. The number of para-hydroxylation sites is 4. The Morgan fingerprint density at radius 2 is 1.11 bits per heavy atom. The zero-order valence-corrected chi connectivity index (χ0v) is 48.3. The first-order chi connectivity index (χ1) is 37.6. The summed E-state index contributed by atoms with van der Waals surface area (Å²) < 4.78 is 16.2. The predicted octanol–water partition coefficient (Wildman–Crippen LogP) is 19.8. The van der Waals surface area contributed by atoms with Crippen molar-refractivity contribution in [1.82, 2.24) is 9.55 Å². The second kappa shape index (κ2) is 19.6. The molecular formula is C72H61N4O2Pt-3. The molecule has 0 aliphatic carbocycles. The first kappa shape index (κ1) is 51.6. The molecule has 79 heavy (non-hydrogen) atoms. The van der Waals surface area contributed by atoms with Gasteiger partial charge in [-0.3, -0.25) is 0 Å². The number of furan rings is 1. The molecule has 0 atom stereocenters. The maximum atomic E-state index is 7.23. The number of nitrogens with zero attached hydrogens (tertiary/aromatic N) is 4. The van der Waals surface area contributed by atoms with Crippen LogP contribution in [0, 0.1) is 18.8 Å². The minimum atomic E-state index is -0.175. The van der Waals surface area contributed by atoms with Crippen LogP contribution in [0.25, 0.3) is 82.9 Å². The number of aromatic nitrogens is 2. The van der Waals surface area contributed by atoms with Gasteiger partial charge in [0.25, 0.3) is 0 Å². The Hall–Kier alpha value is -8.18. The molecule has 0 spiro atoms. The van der Waals surface area contributed by atoms with E-state index in [0.717, 1.165) is 100 Å². The molecule has 4 heterocycles. The molecule has 0 saturated carbocycles. The molecule has 0 bridgehead atoms. The molecule has 0 saturated heterocycles. The van der Waals surface area contributed by atoms with E-state index in [2.05, 4.69) is 271 Å². The molecule has 0 fully saturated rings. The zero-order valence-electron chi connectivity index (χ0n) is 46.1. The molecule has 13 rings (SSSR count). The van der Waals surface area contributed by atoms with Crippen LogP contribution in [0.15, 0.2) is 205 Å². The minimum Gasteiger partial charge on any atom is -0.509 e. The van der Waals surface area contributed by atoms with Crippen LogP contribution in [-0.4, -0.2) is 9.55 Å². The molecule has 0 radical (unpaired) electrons. The fourth-order valence-corrected chi connectivity index (χ4v) is 11.6. The van der Waals surface area contributed by atoms with E-state index in [9.17, 15) is 0 Å². The predicted molar refractivity (Wildman–Crippen MR) is 324 cm³/mol. The number of ether oxygens (including phenoxy) is 1. The monoisotopic (exact) mass is 1210 g/mol. The molecule has 0 N–H and O–H groups in total. The third-order valence-electron chi connectivity index (χ3n) is 15.4. The van der Waals surface area contributed by atoms with Gasteiger partial charge in [0.1, 0.15) is 17.0 Å². The summed E-state index contributed by atoms with van der Waals surface area (Å²) in [4.78, 5) is 9.66. The molecule has 7 heteroatoms. The van der Waals surface area contributed by atoms with E-state index >= 15 is 0 Å². The van der Waals surface area contributed by atoms with E-state index in [0.29, 0.717) is 11.5 Å². The van der Waals surface area contributed by atoms with Crippen LogP contribution in [0.3, 0.4) is 0 Å². The van der Waals surface area contributed by atoms with Crippen molar-refractivity contribution < 1.29 is 30.2 Å². The van der Waals surface area contributed by atoms with Gasteiger partial charge < -0.3 is 23.5 Å². The van der Waals surface area contributed by atoms with Crippen LogP contribution in [0.2, 0.25) is 0 Å². The molecule has 6 nitrogen and oxygen atoms in total. The summed E-state index contributed by atoms with van der Waals surface area (Å²) in [7, 11) is 0. The Morgan fingerprint density at radius 3 is 1.77 bits per heavy atom. The van der Waals surface area contributed by atoms with E-state index in [-0.39, 0.29) is 37.3 Å². The van der Waals surface area contributed by atoms with Crippen molar-refractivity contribution in [1.29, 1.82) is 0 Å². The molecule has 12 aromatic rings. The summed E-state index contributed by atoms with van der Waals surface area (Å²) in [5.74, 6) is 1.92. The third kappa shape index (κ3) is 9.10. The topological polar surface area (TPSA) is 46.7 Å². The molecular weight excluding hydrogens is 1150 g/mol. The van der Waals surface area contributed by atoms with Gasteiger partial charge in [0.2, 0.25) is 0 Å². The summed E-state index contributed by atoms with van der Waals surface area (Å²) in [6, 6.07) is 76.7. The number of hydrogen-bond acceptors (Lipinski definition) is 5. The van der Waals surface area contributed by atoms with E-state index in [1.807, 2.05) is 24.4 Å². The Morgan fingerprint density at radius 1 is 0.506 bits per heavy atom. The van der Waals surface area contributed by atoms with Gasteiger partial charge in [0.15, 0.2) is 0 Å². The average Bonchev–Trinajstić information content (AvgIpc) is 3.98.